The molecule has 0 aromatic carbocycles. The minimum Gasteiger partial charge on any atom is -0.253 e. The molecule has 2 aromatic rings. The molecule has 2 heterocycles. The number of rotatable bonds is 2. The molecule has 0 unspecified atom stereocenters. The van der Waals surface area contributed by atoms with Gasteiger partial charge in [-0.2, -0.15) is 0 Å². The lowest BCUT2D eigenvalue weighted by atomic mass is 10.2. The van der Waals surface area contributed by atoms with Crippen LogP contribution in [-0.2, 0) is 0 Å². The fourth-order valence-electron chi connectivity index (χ4n) is 1.03. The molecule has 4 heteroatoms. The third kappa shape index (κ3) is 4.41. The maximum absolute atomic E-state index is 4.13. The summed E-state index contributed by atoms with van der Waals surface area (Å²) in [6, 6.07) is 0. The Morgan fingerprint density at radius 2 is 1.81 bits per heavy atom. The van der Waals surface area contributed by atoms with Crippen LogP contribution in [0.4, 0.5) is 0 Å². The molecule has 0 aliphatic heterocycles. The van der Waals surface area contributed by atoms with Crippen molar-refractivity contribution in [2.24, 2.45) is 0 Å². The molecule has 0 atom stereocenters. The van der Waals surface area contributed by atoms with Gasteiger partial charge in [-0.25, -0.2) is 4.98 Å². The van der Waals surface area contributed by atoms with Crippen LogP contribution in [0.1, 0.15) is 49.4 Å². The van der Waals surface area contributed by atoms with Crippen molar-refractivity contribution in [1.82, 2.24) is 9.97 Å². The summed E-state index contributed by atoms with van der Waals surface area (Å²) in [7, 11) is 0. The average molecular weight is 254 g/mol. The predicted octanol–water partition coefficient (Wildman–Crippen LogP) is 4.53. The van der Waals surface area contributed by atoms with Crippen molar-refractivity contribution in [1.29, 1.82) is 0 Å². The zero-order valence-electron chi connectivity index (χ0n) is 10.2. The van der Waals surface area contributed by atoms with E-state index in [2.05, 4.69) is 37.7 Å². The fourth-order valence-corrected chi connectivity index (χ4v) is 2.32. The maximum atomic E-state index is 4.13. The predicted molar refractivity (Wildman–Crippen MR) is 72.4 cm³/mol. The van der Waals surface area contributed by atoms with Crippen molar-refractivity contribution in [3.8, 4) is 0 Å². The number of hydrogen-bond donors (Lipinski definition) is 0. The average Bonchev–Trinajstić information content (AvgIpc) is 2.93. The van der Waals surface area contributed by atoms with E-state index in [4.69, 9.17) is 0 Å². The molecular weight excluding hydrogens is 236 g/mol. The molecule has 0 saturated carbocycles. The molecule has 0 spiro atoms. The lowest BCUT2D eigenvalue weighted by Gasteiger charge is -1.94. The van der Waals surface area contributed by atoms with Crippen molar-refractivity contribution < 1.29 is 0 Å². The van der Waals surface area contributed by atoms with Crippen molar-refractivity contribution in [2.45, 2.75) is 39.5 Å². The topological polar surface area (TPSA) is 25.8 Å². The van der Waals surface area contributed by atoms with E-state index >= 15 is 0 Å². The molecule has 0 bridgehead atoms. The number of thiazole rings is 2. The van der Waals surface area contributed by atoms with E-state index in [9.17, 15) is 0 Å². The molecule has 0 saturated heterocycles. The Hall–Kier alpha value is -0.740. The van der Waals surface area contributed by atoms with Crippen LogP contribution in [-0.4, -0.2) is 9.97 Å². The highest BCUT2D eigenvalue weighted by Crippen LogP contribution is 2.17. The van der Waals surface area contributed by atoms with Gasteiger partial charge < -0.3 is 0 Å². The standard InChI is InChI=1S/2C6H9NS/c1-5(2)6-3-7-4-8-6;1-5(2)6-7-3-4-8-6/h2*3-5H,1-2H3. The van der Waals surface area contributed by atoms with Crippen molar-refractivity contribution in [3.63, 3.8) is 0 Å². The Morgan fingerprint density at radius 3 is 2.06 bits per heavy atom. The minimum absolute atomic E-state index is 0.593. The van der Waals surface area contributed by atoms with E-state index in [0.717, 1.165) is 0 Å². The zero-order valence-corrected chi connectivity index (χ0v) is 11.8. The molecule has 0 fully saturated rings. The summed E-state index contributed by atoms with van der Waals surface area (Å²) in [5.74, 6) is 1.23. The lowest BCUT2D eigenvalue weighted by molar-refractivity contribution is 0.852. The largest absolute Gasteiger partial charge is 0.253 e. The zero-order chi connectivity index (χ0) is 12.0. The summed E-state index contributed by atoms with van der Waals surface area (Å²) < 4.78 is 0. The second-order valence-corrected chi connectivity index (χ2v) is 5.93. The van der Waals surface area contributed by atoms with Gasteiger partial charge in [0.2, 0.25) is 0 Å². The molecule has 0 aliphatic rings. The molecule has 2 aromatic heterocycles. The summed E-state index contributed by atoms with van der Waals surface area (Å²) in [6.07, 6.45) is 3.77. The van der Waals surface area contributed by atoms with Gasteiger partial charge in [0.1, 0.15) is 0 Å². The van der Waals surface area contributed by atoms with Crippen molar-refractivity contribution in [3.05, 3.63) is 33.2 Å². The third-order valence-corrected chi connectivity index (χ3v) is 4.12. The summed E-state index contributed by atoms with van der Waals surface area (Å²) in [4.78, 5) is 9.46. The van der Waals surface area contributed by atoms with Crippen LogP contribution in [0.15, 0.2) is 23.3 Å². The summed E-state index contributed by atoms with van der Waals surface area (Å²) in [6.45, 7) is 8.65. The second-order valence-electron chi connectivity index (χ2n) is 4.08. The van der Waals surface area contributed by atoms with Gasteiger partial charge in [-0.05, 0) is 5.92 Å². The van der Waals surface area contributed by atoms with Crippen LogP contribution < -0.4 is 0 Å². The van der Waals surface area contributed by atoms with Gasteiger partial charge in [-0.1, -0.05) is 27.7 Å². The van der Waals surface area contributed by atoms with Gasteiger partial charge in [-0.3, -0.25) is 4.98 Å². The molecule has 2 rings (SSSR count). The molecular formula is C12H18N2S2. The van der Waals surface area contributed by atoms with Crippen molar-refractivity contribution in [2.75, 3.05) is 0 Å². The first kappa shape index (κ1) is 13.3. The first-order chi connectivity index (χ1) is 7.61. The first-order valence-corrected chi connectivity index (χ1v) is 7.15. The summed E-state index contributed by atoms with van der Waals surface area (Å²) >= 11 is 3.44. The van der Waals surface area contributed by atoms with Crippen LogP contribution in [0.5, 0.6) is 0 Å². The second kappa shape index (κ2) is 6.76. The molecule has 2 nitrogen and oxygen atoms in total. The highest BCUT2D eigenvalue weighted by molar-refractivity contribution is 7.09. The van der Waals surface area contributed by atoms with Crippen LogP contribution in [0.25, 0.3) is 0 Å². The number of aromatic nitrogens is 2. The van der Waals surface area contributed by atoms with E-state index in [1.807, 2.05) is 23.3 Å². The Labute approximate surface area is 105 Å². The van der Waals surface area contributed by atoms with E-state index in [1.165, 1.54) is 9.88 Å². The van der Waals surface area contributed by atoms with E-state index in [-0.39, 0.29) is 0 Å². The highest BCUT2D eigenvalue weighted by atomic mass is 32.1. The van der Waals surface area contributed by atoms with Gasteiger partial charge in [0.05, 0.1) is 10.5 Å². The summed E-state index contributed by atoms with van der Waals surface area (Å²) in [5.41, 5.74) is 1.87. The SMILES string of the molecule is CC(C)c1cncs1.CC(C)c1nccs1. The number of hydrogen-bond acceptors (Lipinski definition) is 4. The molecule has 0 radical (unpaired) electrons. The molecule has 0 N–H and O–H groups in total. The van der Waals surface area contributed by atoms with Crippen molar-refractivity contribution >= 4 is 22.7 Å². The van der Waals surface area contributed by atoms with E-state index in [0.29, 0.717) is 11.8 Å². The molecule has 16 heavy (non-hydrogen) atoms. The van der Waals surface area contributed by atoms with Crippen LogP contribution in [0, 0.1) is 0 Å². The Kier molecular flexibility index (Phi) is 5.63. The van der Waals surface area contributed by atoms with Crippen LogP contribution >= 0.6 is 22.7 Å². The molecule has 88 valence electrons. The molecule has 0 amide bonds. The van der Waals surface area contributed by atoms with E-state index in [1.54, 1.807) is 22.7 Å². The quantitative estimate of drug-likeness (QED) is 0.786. The van der Waals surface area contributed by atoms with Gasteiger partial charge in [-0.15, -0.1) is 22.7 Å². The van der Waals surface area contributed by atoms with Gasteiger partial charge in [0.25, 0.3) is 0 Å². The minimum atomic E-state index is 0.593. The van der Waals surface area contributed by atoms with Gasteiger partial charge in [0, 0.05) is 28.6 Å². The highest BCUT2D eigenvalue weighted by Gasteiger charge is 1.98. The Morgan fingerprint density at radius 1 is 1.06 bits per heavy atom. The van der Waals surface area contributed by atoms with Crippen LogP contribution in [0.3, 0.4) is 0 Å². The maximum Gasteiger partial charge on any atom is 0.0950 e. The van der Waals surface area contributed by atoms with Crippen LogP contribution in [0.2, 0.25) is 0 Å². The Bertz CT molecular complexity index is 325. The Balaban J connectivity index is 0.000000160. The lowest BCUT2D eigenvalue weighted by Crippen LogP contribution is -1.81. The summed E-state index contributed by atoms with van der Waals surface area (Å²) in [5, 5.41) is 3.24. The molecule has 0 aliphatic carbocycles. The smallest absolute Gasteiger partial charge is 0.0950 e. The van der Waals surface area contributed by atoms with E-state index < -0.39 is 0 Å². The first-order valence-electron chi connectivity index (χ1n) is 5.39. The number of nitrogens with zero attached hydrogens (tertiary/aromatic N) is 2. The monoisotopic (exact) mass is 254 g/mol. The van der Waals surface area contributed by atoms with Gasteiger partial charge >= 0.3 is 0 Å². The van der Waals surface area contributed by atoms with Gasteiger partial charge in [0.15, 0.2) is 0 Å². The fraction of sp³-hybridized carbons (Fsp3) is 0.500. The third-order valence-electron chi connectivity index (χ3n) is 1.97. The normalized spacial score (nSPS) is 10.4.